The number of hydrogen-bond acceptors (Lipinski definition) is 3. The highest BCUT2D eigenvalue weighted by molar-refractivity contribution is 7.20. The van der Waals surface area contributed by atoms with Gasteiger partial charge in [0.05, 0.1) is 4.88 Å². The molecule has 0 aliphatic rings. The third-order valence-electron chi connectivity index (χ3n) is 2.66. The van der Waals surface area contributed by atoms with Gasteiger partial charge in [-0.2, -0.15) is 0 Å². The fourth-order valence-corrected chi connectivity index (χ4v) is 2.71. The van der Waals surface area contributed by atoms with Crippen LogP contribution in [0.5, 0.6) is 0 Å². The summed E-state index contributed by atoms with van der Waals surface area (Å²) in [5.41, 5.74) is 0. The van der Waals surface area contributed by atoms with Crippen molar-refractivity contribution in [2.24, 2.45) is 0 Å². The number of hydrogen-bond donors (Lipinski definition) is 2. The van der Waals surface area contributed by atoms with Gasteiger partial charge in [0.15, 0.2) is 0 Å². The van der Waals surface area contributed by atoms with Crippen LogP contribution in [-0.4, -0.2) is 24.9 Å². The van der Waals surface area contributed by atoms with E-state index in [0.717, 1.165) is 21.4 Å². The van der Waals surface area contributed by atoms with E-state index in [4.69, 9.17) is 0 Å². The lowest BCUT2D eigenvalue weighted by Crippen LogP contribution is -2.28. The number of nitrogens with one attached hydrogen (secondary N) is 2. The van der Waals surface area contributed by atoms with Crippen LogP contribution in [0, 0.1) is 0 Å². The van der Waals surface area contributed by atoms with Crippen molar-refractivity contribution >= 4 is 33.2 Å². The predicted molar refractivity (Wildman–Crippen MR) is 77.5 cm³/mol. The number of rotatable bonds is 5. The van der Waals surface area contributed by atoms with Gasteiger partial charge in [0.2, 0.25) is 5.91 Å². The fourth-order valence-electron chi connectivity index (χ4n) is 1.74. The first-order valence-corrected chi connectivity index (χ1v) is 6.99. The predicted octanol–water partition coefficient (Wildman–Crippen LogP) is 2.16. The van der Waals surface area contributed by atoms with Gasteiger partial charge in [-0.1, -0.05) is 18.2 Å². The molecule has 2 rings (SSSR count). The molecule has 19 heavy (non-hydrogen) atoms. The fraction of sp³-hybridized carbons (Fsp3) is 0.286. The van der Waals surface area contributed by atoms with Gasteiger partial charge in [-0.15, -0.1) is 11.3 Å². The van der Waals surface area contributed by atoms with Crippen LogP contribution in [0.1, 0.15) is 23.0 Å². The molecule has 1 aromatic carbocycles. The molecular formula is C14H16N2O2S. The molecule has 100 valence electrons. The van der Waals surface area contributed by atoms with Gasteiger partial charge >= 0.3 is 0 Å². The van der Waals surface area contributed by atoms with Gasteiger partial charge in [0.1, 0.15) is 0 Å². The highest BCUT2D eigenvalue weighted by Gasteiger charge is 2.08. The van der Waals surface area contributed by atoms with E-state index in [2.05, 4.69) is 10.6 Å². The SMILES string of the molecule is CC(=O)NCCCNC(=O)c1cc2ccccc2s1. The summed E-state index contributed by atoms with van der Waals surface area (Å²) in [4.78, 5) is 23.3. The molecule has 2 amide bonds. The van der Waals surface area contributed by atoms with Crippen molar-refractivity contribution in [1.29, 1.82) is 0 Å². The monoisotopic (exact) mass is 276 g/mol. The number of carbonyl (C=O) groups excluding carboxylic acids is 2. The van der Waals surface area contributed by atoms with Gasteiger partial charge in [-0.05, 0) is 23.9 Å². The molecule has 0 saturated carbocycles. The van der Waals surface area contributed by atoms with Gasteiger partial charge in [0.25, 0.3) is 5.91 Å². The van der Waals surface area contributed by atoms with Crippen LogP contribution in [0.3, 0.4) is 0 Å². The number of benzene rings is 1. The topological polar surface area (TPSA) is 58.2 Å². The average Bonchev–Trinajstić information content (AvgIpc) is 2.81. The third-order valence-corrected chi connectivity index (χ3v) is 3.78. The molecule has 0 atom stereocenters. The van der Waals surface area contributed by atoms with Crippen molar-refractivity contribution < 1.29 is 9.59 Å². The minimum Gasteiger partial charge on any atom is -0.356 e. The minimum atomic E-state index is -0.0518. The first kappa shape index (κ1) is 13.5. The van der Waals surface area contributed by atoms with Crippen LogP contribution in [0.25, 0.3) is 10.1 Å². The molecule has 0 spiro atoms. The minimum absolute atomic E-state index is 0.0455. The molecule has 0 fully saturated rings. The van der Waals surface area contributed by atoms with E-state index < -0.39 is 0 Å². The number of fused-ring (bicyclic) bond motifs is 1. The molecule has 1 heterocycles. The smallest absolute Gasteiger partial charge is 0.261 e. The Kier molecular flexibility index (Phi) is 4.52. The van der Waals surface area contributed by atoms with Gasteiger partial charge < -0.3 is 10.6 Å². The quantitative estimate of drug-likeness (QED) is 0.822. The Morgan fingerprint density at radius 1 is 1.16 bits per heavy atom. The van der Waals surface area contributed by atoms with Crippen molar-refractivity contribution in [3.05, 3.63) is 35.2 Å². The number of carbonyl (C=O) groups is 2. The highest BCUT2D eigenvalue weighted by atomic mass is 32.1. The molecular weight excluding hydrogens is 260 g/mol. The van der Waals surface area contributed by atoms with Crippen molar-refractivity contribution in [2.75, 3.05) is 13.1 Å². The lowest BCUT2D eigenvalue weighted by molar-refractivity contribution is -0.118. The zero-order valence-electron chi connectivity index (χ0n) is 10.7. The Morgan fingerprint density at radius 2 is 1.89 bits per heavy atom. The van der Waals surface area contributed by atoms with Crippen LogP contribution in [-0.2, 0) is 4.79 Å². The van der Waals surface area contributed by atoms with E-state index in [1.54, 1.807) is 0 Å². The molecule has 0 aliphatic heterocycles. The summed E-state index contributed by atoms with van der Waals surface area (Å²) in [5, 5.41) is 6.64. The molecule has 0 saturated heterocycles. The molecule has 2 N–H and O–H groups in total. The van der Waals surface area contributed by atoms with Crippen LogP contribution in [0.15, 0.2) is 30.3 Å². The first-order chi connectivity index (χ1) is 9.16. The third kappa shape index (κ3) is 3.79. The number of thiophene rings is 1. The lowest BCUT2D eigenvalue weighted by atomic mass is 10.2. The molecule has 5 heteroatoms. The normalized spacial score (nSPS) is 10.4. The second kappa shape index (κ2) is 6.33. The van der Waals surface area contributed by atoms with E-state index in [1.807, 2.05) is 30.3 Å². The maximum absolute atomic E-state index is 11.9. The van der Waals surface area contributed by atoms with Crippen molar-refractivity contribution in [3.8, 4) is 0 Å². The highest BCUT2D eigenvalue weighted by Crippen LogP contribution is 2.24. The molecule has 4 nitrogen and oxygen atoms in total. The van der Waals surface area contributed by atoms with Crippen molar-refractivity contribution in [3.63, 3.8) is 0 Å². The van der Waals surface area contributed by atoms with Gasteiger partial charge in [-0.25, -0.2) is 0 Å². The summed E-state index contributed by atoms with van der Waals surface area (Å²) in [6.45, 7) is 2.63. The Morgan fingerprint density at radius 3 is 2.63 bits per heavy atom. The Bertz CT molecular complexity index is 559. The van der Waals surface area contributed by atoms with Gasteiger partial charge in [0, 0.05) is 24.7 Å². The van der Waals surface area contributed by atoms with E-state index in [1.165, 1.54) is 18.3 Å². The van der Waals surface area contributed by atoms with E-state index >= 15 is 0 Å². The summed E-state index contributed by atoms with van der Waals surface area (Å²) >= 11 is 1.49. The Balaban J connectivity index is 1.84. The summed E-state index contributed by atoms with van der Waals surface area (Å²) in [6.07, 6.45) is 0.732. The summed E-state index contributed by atoms with van der Waals surface area (Å²) in [5.74, 6) is -0.0974. The standard InChI is InChI=1S/C14H16N2O2S/c1-10(17)15-7-4-8-16-14(18)13-9-11-5-2-3-6-12(11)19-13/h2-3,5-6,9H,4,7-8H2,1H3,(H,15,17)(H,16,18). The van der Waals surface area contributed by atoms with Crippen LogP contribution < -0.4 is 10.6 Å². The van der Waals surface area contributed by atoms with Crippen molar-refractivity contribution in [2.45, 2.75) is 13.3 Å². The average molecular weight is 276 g/mol. The first-order valence-electron chi connectivity index (χ1n) is 6.18. The Labute approximate surface area is 115 Å². The number of amides is 2. The van der Waals surface area contributed by atoms with E-state index in [9.17, 15) is 9.59 Å². The van der Waals surface area contributed by atoms with E-state index in [0.29, 0.717) is 13.1 Å². The van der Waals surface area contributed by atoms with Crippen LogP contribution in [0.2, 0.25) is 0 Å². The largest absolute Gasteiger partial charge is 0.356 e. The lowest BCUT2D eigenvalue weighted by Gasteiger charge is -2.03. The second-order valence-corrected chi connectivity index (χ2v) is 5.32. The molecule has 0 unspecified atom stereocenters. The maximum Gasteiger partial charge on any atom is 0.261 e. The van der Waals surface area contributed by atoms with Crippen LogP contribution >= 0.6 is 11.3 Å². The van der Waals surface area contributed by atoms with Gasteiger partial charge in [-0.3, -0.25) is 9.59 Å². The van der Waals surface area contributed by atoms with Crippen molar-refractivity contribution in [1.82, 2.24) is 10.6 Å². The molecule has 1 aromatic heterocycles. The molecule has 0 aliphatic carbocycles. The van der Waals surface area contributed by atoms with E-state index in [-0.39, 0.29) is 11.8 Å². The Hall–Kier alpha value is -1.88. The second-order valence-electron chi connectivity index (χ2n) is 4.24. The maximum atomic E-state index is 11.9. The molecule has 0 radical (unpaired) electrons. The summed E-state index contributed by atoms with van der Waals surface area (Å²) in [7, 11) is 0. The zero-order valence-corrected chi connectivity index (χ0v) is 11.5. The summed E-state index contributed by atoms with van der Waals surface area (Å²) in [6, 6.07) is 9.84. The van der Waals surface area contributed by atoms with Crippen LogP contribution in [0.4, 0.5) is 0 Å². The zero-order chi connectivity index (χ0) is 13.7. The molecule has 2 aromatic rings. The molecule has 0 bridgehead atoms. The summed E-state index contributed by atoms with van der Waals surface area (Å²) < 4.78 is 1.12.